The smallest absolute Gasteiger partial charge is 0.136 e. The number of nitrogens with zero attached hydrogens (tertiary/aromatic N) is 2. The predicted octanol–water partition coefficient (Wildman–Crippen LogP) is 10.2. The van der Waals surface area contributed by atoms with Gasteiger partial charge in [0.15, 0.2) is 0 Å². The molecule has 214 valence electrons. The first-order valence-corrected chi connectivity index (χ1v) is 16.8. The second-order valence-corrected chi connectivity index (χ2v) is 13.8. The lowest BCUT2D eigenvalue weighted by molar-refractivity contribution is 0.286. The summed E-state index contributed by atoms with van der Waals surface area (Å²) in [6.07, 6.45) is 40.7. The molecule has 1 aromatic heterocycles. The fourth-order valence-corrected chi connectivity index (χ4v) is 8.84. The number of hydrogen-bond donors (Lipinski definition) is 0. The number of rotatable bonds is 4. The highest BCUT2D eigenvalue weighted by atomic mass is 14.9. The van der Waals surface area contributed by atoms with Crippen molar-refractivity contribution in [3.63, 3.8) is 0 Å². The summed E-state index contributed by atoms with van der Waals surface area (Å²) in [5.41, 5.74) is 6.87. The zero-order valence-electron chi connectivity index (χ0n) is 24.9. The van der Waals surface area contributed by atoms with Crippen LogP contribution in [0, 0.1) is 35.5 Å². The molecule has 6 aliphatic carbocycles. The van der Waals surface area contributed by atoms with Crippen LogP contribution in [0.1, 0.15) is 88.1 Å². The van der Waals surface area contributed by atoms with Crippen LogP contribution in [0.3, 0.4) is 0 Å². The minimum Gasteiger partial charge on any atom is -0.232 e. The highest BCUT2D eigenvalue weighted by Crippen LogP contribution is 2.44. The van der Waals surface area contributed by atoms with Gasteiger partial charge in [0.1, 0.15) is 5.82 Å². The number of allylic oxidation sites excluding steroid dienone is 14. The van der Waals surface area contributed by atoms with Crippen molar-refractivity contribution in [2.75, 3.05) is 0 Å². The summed E-state index contributed by atoms with van der Waals surface area (Å²) in [6, 6.07) is 8.65. The Morgan fingerprint density at radius 1 is 0.667 bits per heavy atom. The van der Waals surface area contributed by atoms with Gasteiger partial charge >= 0.3 is 0 Å². The van der Waals surface area contributed by atoms with Crippen molar-refractivity contribution in [1.82, 2.24) is 9.97 Å². The zero-order chi connectivity index (χ0) is 27.9. The van der Waals surface area contributed by atoms with Crippen LogP contribution in [0.5, 0.6) is 0 Å². The van der Waals surface area contributed by atoms with Gasteiger partial charge in [-0.2, -0.15) is 0 Å². The third kappa shape index (κ3) is 5.12. The molecular weight excluding hydrogens is 508 g/mol. The molecular formula is C40H44N2. The molecule has 0 fully saturated rings. The maximum atomic E-state index is 5.33. The molecule has 0 saturated carbocycles. The Morgan fingerprint density at radius 3 is 2.43 bits per heavy atom. The molecule has 42 heavy (non-hydrogen) atoms. The maximum Gasteiger partial charge on any atom is 0.136 e. The SMILES string of the molecule is C1=CC2=CCC(C3=CC=C(c4nc(C5C=CC(C6C=CC7CCC=CC7C6)CC5)nc5ccccc45)CC3)CC2CC1. The van der Waals surface area contributed by atoms with E-state index in [0.717, 1.165) is 54.1 Å². The molecule has 8 rings (SSSR count). The monoisotopic (exact) mass is 552 g/mol. The highest BCUT2D eigenvalue weighted by molar-refractivity contribution is 5.90. The Kier molecular flexibility index (Phi) is 7.18. The molecule has 2 aromatic rings. The Morgan fingerprint density at radius 2 is 1.52 bits per heavy atom. The van der Waals surface area contributed by atoms with Crippen molar-refractivity contribution in [1.29, 1.82) is 0 Å². The summed E-state index contributed by atoms with van der Waals surface area (Å²) in [5, 5.41) is 1.20. The van der Waals surface area contributed by atoms with Crippen molar-refractivity contribution in [2.24, 2.45) is 35.5 Å². The van der Waals surface area contributed by atoms with Crippen molar-refractivity contribution >= 4 is 16.5 Å². The summed E-state index contributed by atoms with van der Waals surface area (Å²) in [7, 11) is 0. The molecule has 0 radical (unpaired) electrons. The van der Waals surface area contributed by atoms with Gasteiger partial charge in [-0.3, -0.25) is 0 Å². The van der Waals surface area contributed by atoms with Crippen LogP contribution in [-0.4, -0.2) is 9.97 Å². The largest absolute Gasteiger partial charge is 0.232 e. The average molecular weight is 553 g/mol. The number of fused-ring (bicyclic) bond motifs is 3. The molecule has 0 N–H and O–H groups in total. The Hall–Kier alpha value is -3.26. The van der Waals surface area contributed by atoms with E-state index in [2.05, 4.69) is 91.1 Å². The fourth-order valence-electron chi connectivity index (χ4n) is 8.84. The maximum absolute atomic E-state index is 5.33. The molecule has 0 amide bonds. The second kappa shape index (κ2) is 11.4. The van der Waals surface area contributed by atoms with E-state index in [1.807, 2.05) is 0 Å². The van der Waals surface area contributed by atoms with E-state index >= 15 is 0 Å². The lowest BCUT2D eigenvalue weighted by atomic mass is 9.69. The molecule has 0 bridgehead atoms. The van der Waals surface area contributed by atoms with Crippen molar-refractivity contribution in [3.05, 3.63) is 114 Å². The van der Waals surface area contributed by atoms with E-state index in [1.54, 1.807) is 11.1 Å². The number of benzene rings is 1. The van der Waals surface area contributed by atoms with Crippen LogP contribution in [0.25, 0.3) is 16.5 Å². The first-order chi connectivity index (χ1) is 20.8. The normalized spacial score (nSPS) is 33.9. The van der Waals surface area contributed by atoms with Crippen molar-refractivity contribution < 1.29 is 0 Å². The number of hydrogen-bond acceptors (Lipinski definition) is 2. The van der Waals surface area contributed by atoms with Gasteiger partial charge in [0.05, 0.1) is 11.2 Å². The minimum absolute atomic E-state index is 0.308. The third-order valence-electron chi connectivity index (χ3n) is 11.3. The van der Waals surface area contributed by atoms with E-state index in [-0.39, 0.29) is 0 Å². The van der Waals surface area contributed by atoms with Crippen LogP contribution in [0.2, 0.25) is 0 Å². The van der Waals surface area contributed by atoms with E-state index in [9.17, 15) is 0 Å². The van der Waals surface area contributed by atoms with Gasteiger partial charge in [-0.25, -0.2) is 9.97 Å². The summed E-state index contributed by atoms with van der Waals surface area (Å²) >= 11 is 0. The molecule has 0 saturated heterocycles. The third-order valence-corrected chi connectivity index (χ3v) is 11.3. The van der Waals surface area contributed by atoms with Gasteiger partial charge in [-0.15, -0.1) is 0 Å². The lowest BCUT2D eigenvalue weighted by Crippen LogP contribution is -2.26. The topological polar surface area (TPSA) is 25.8 Å². The van der Waals surface area contributed by atoms with Crippen molar-refractivity contribution in [2.45, 2.75) is 76.5 Å². The molecule has 2 heteroatoms. The summed E-state index contributed by atoms with van der Waals surface area (Å²) < 4.78 is 0. The van der Waals surface area contributed by atoms with Gasteiger partial charge < -0.3 is 0 Å². The van der Waals surface area contributed by atoms with E-state index in [0.29, 0.717) is 23.7 Å². The summed E-state index contributed by atoms with van der Waals surface area (Å²) in [4.78, 5) is 10.5. The first kappa shape index (κ1) is 26.4. The average Bonchev–Trinajstić information content (AvgIpc) is 3.07. The van der Waals surface area contributed by atoms with Crippen molar-refractivity contribution in [3.8, 4) is 0 Å². The summed E-state index contributed by atoms with van der Waals surface area (Å²) in [6.45, 7) is 0. The molecule has 2 nitrogen and oxygen atoms in total. The van der Waals surface area contributed by atoms with Gasteiger partial charge in [-0.1, -0.05) is 90.6 Å². The quantitative estimate of drug-likeness (QED) is 0.353. The second-order valence-electron chi connectivity index (χ2n) is 13.8. The summed E-state index contributed by atoms with van der Waals surface area (Å²) in [5.74, 6) is 5.65. The first-order valence-electron chi connectivity index (χ1n) is 16.8. The molecule has 0 aliphatic heterocycles. The van der Waals surface area contributed by atoms with E-state index in [1.165, 1.54) is 62.3 Å². The van der Waals surface area contributed by atoms with E-state index < -0.39 is 0 Å². The molecule has 6 aliphatic rings. The van der Waals surface area contributed by atoms with Crippen LogP contribution in [0.4, 0.5) is 0 Å². The predicted molar refractivity (Wildman–Crippen MR) is 175 cm³/mol. The van der Waals surface area contributed by atoms with Crippen LogP contribution in [0.15, 0.2) is 102 Å². The zero-order valence-corrected chi connectivity index (χ0v) is 24.9. The molecule has 1 heterocycles. The van der Waals surface area contributed by atoms with Gasteiger partial charge in [0.2, 0.25) is 0 Å². The molecule has 7 unspecified atom stereocenters. The fraction of sp³-hybridized carbons (Fsp3) is 0.450. The van der Waals surface area contributed by atoms with E-state index in [4.69, 9.17) is 9.97 Å². The van der Waals surface area contributed by atoms with Crippen LogP contribution >= 0.6 is 0 Å². The van der Waals surface area contributed by atoms with Gasteiger partial charge in [0.25, 0.3) is 0 Å². The Bertz CT molecular complexity index is 1560. The minimum atomic E-state index is 0.308. The van der Waals surface area contributed by atoms with Gasteiger partial charge in [0, 0.05) is 11.3 Å². The highest BCUT2D eigenvalue weighted by Gasteiger charge is 2.32. The standard InChI is InChI=1S/C40H44N2/c1-3-9-33-25-35(23-17-27(33)7-1)29-13-19-31(20-14-29)39-37-11-5-6-12-38(37)41-40(42-39)32-21-15-30(16-22-32)36-24-18-28-8-2-4-10-34(28)26-36/h1,4-7,10-13,15,17-19,21,24,28,30,32-36H,2-3,8-9,14,16,20,22-23,25-26H2. The van der Waals surface area contributed by atoms with Crippen LogP contribution in [-0.2, 0) is 0 Å². The Labute approximate surface area is 251 Å². The molecule has 0 spiro atoms. The number of aromatic nitrogens is 2. The molecule has 7 atom stereocenters. The van der Waals surface area contributed by atoms with Crippen LogP contribution < -0.4 is 0 Å². The lowest BCUT2D eigenvalue weighted by Gasteiger charge is -2.36. The Balaban J connectivity index is 1.03. The van der Waals surface area contributed by atoms with Gasteiger partial charge in [-0.05, 0) is 123 Å². The molecule has 1 aromatic carbocycles. The number of para-hydroxylation sites is 1.